The quantitative estimate of drug-likeness (QED) is 0.675. The predicted octanol–water partition coefficient (Wildman–Crippen LogP) is 4.16. The largest absolute Gasteiger partial charge is 0.444 e. The number of benzene rings is 1. The van der Waals surface area contributed by atoms with Crippen molar-refractivity contribution in [3.8, 4) is 0 Å². The molecule has 0 aliphatic carbocycles. The molecule has 0 radical (unpaired) electrons. The van der Waals surface area contributed by atoms with Crippen molar-refractivity contribution in [3.05, 3.63) is 41.6 Å². The molecule has 19 heavy (non-hydrogen) atoms. The van der Waals surface area contributed by atoms with Gasteiger partial charge in [0, 0.05) is 16.0 Å². The molecule has 0 amide bonds. The molecule has 0 aliphatic rings. The molecule has 1 aromatic heterocycles. The molecule has 0 atom stereocenters. The summed E-state index contributed by atoms with van der Waals surface area (Å²) in [7, 11) is 0. The third-order valence-corrected chi connectivity index (χ3v) is 3.87. The normalized spacial score (nSPS) is 11.8. The third-order valence-electron chi connectivity index (χ3n) is 2.81. The summed E-state index contributed by atoms with van der Waals surface area (Å²) in [5, 5.41) is 0. The molecule has 3 nitrogen and oxygen atoms in total. The number of thioether (sulfide) groups is 1. The fourth-order valence-electron chi connectivity index (χ4n) is 1.63. The van der Waals surface area contributed by atoms with Crippen LogP contribution in [0, 0.1) is 6.92 Å². The zero-order valence-corrected chi connectivity index (χ0v) is 12.7. The molecular weight excluding hydrogens is 256 g/mol. The maximum absolute atomic E-state index is 5.96. The van der Waals surface area contributed by atoms with E-state index in [1.807, 2.05) is 18.3 Å². The molecule has 0 aliphatic heterocycles. The first-order valence-corrected chi connectivity index (χ1v) is 7.29. The minimum absolute atomic E-state index is 0.00171. The average Bonchev–Trinajstić information content (AvgIpc) is 2.79. The van der Waals surface area contributed by atoms with Gasteiger partial charge in [-0.2, -0.15) is 0 Å². The molecule has 0 unspecified atom stereocenters. The van der Waals surface area contributed by atoms with E-state index in [0.29, 0.717) is 5.75 Å². The monoisotopic (exact) mass is 276 g/mol. The lowest BCUT2D eigenvalue weighted by Crippen LogP contribution is -2.09. The lowest BCUT2D eigenvalue weighted by atomic mass is 9.94. The zero-order chi connectivity index (χ0) is 14.0. The van der Waals surface area contributed by atoms with Crippen LogP contribution in [0.1, 0.15) is 38.0 Å². The summed E-state index contributed by atoms with van der Waals surface area (Å²) in [4.78, 5) is 5.40. The van der Waals surface area contributed by atoms with Gasteiger partial charge in [0.25, 0.3) is 0 Å². The van der Waals surface area contributed by atoms with Crippen LogP contribution in [-0.2, 0) is 11.2 Å². The lowest BCUT2D eigenvalue weighted by Gasteiger charge is -2.13. The van der Waals surface area contributed by atoms with Crippen molar-refractivity contribution in [3.63, 3.8) is 0 Å². The molecule has 1 heterocycles. The molecule has 102 valence electrons. The minimum atomic E-state index is -0.00171. The number of aryl methyl sites for hydroxylation is 1. The van der Waals surface area contributed by atoms with Crippen molar-refractivity contribution >= 4 is 17.4 Å². The second-order valence-corrected chi connectivity index (χ2v) is 6.72. The van der Waals surface area contributed by atoms with Gasteiger partial charge in [0.2, 0.25) is 5.89 Å². The third kappa shape index (κ3) is 3.53. The Morgan fingerprint density at radius 2 is 2.05 bits per heavy atom. The summed E-state index contributed by atoms with van der Waals surface area (Å²) >= 11 is 1.66. The molecule has 4 heteroatoms. The molecular formula is C15H20N2OS. The van der Waals surface area contributed by atoms with E-state index in [4.69, 9.17) is 10.2 Å². The van der Waals surface area contributed by atoms with Crippen LogP contribution in [0.4, 0.5) is 5.69 Å². The van der Waals surface area contributed by atoms with Crippen LogP contribution in [0.15, 0.2) is 33.7 Å². The first-order chi connectivity index (χ1) is 8.86. The topological polar surface area (TPSA) is 52.0 Å². The van der Waals surface area contributed by atoms with E-state index in [-0.39, 0.29) is 5.41 Å². The number of nitrogen functional groups attached to an aromatic ring is 1. The Bertz CT molecular complexity index is 570. The fraction of sp³-hybridized carbons (Fsp3) is 0.400. The lowest BCUT2D eigenvalue weighted by molar-refractivity contribution is 0.391. The van der Waals surface area contributed by atoms with Gasteiger partial charge in [-0.15, -0.1) is 11.8 Å². The highest BCUT2D eigenvalue weighted by molar-refractivity contribution is 7.98. The standard InChI is InChI=1S/C15H20N2OS/c1-10-5-6-11(16)12(7-10)19-9-14-17-8-13(18-14)15(2,3)4/h5-8H,9,16H2,1-4H3. The van der Waals surface area contributed by atoms with E-state index >= 15 is 0 Å². The maximum atomic E-state index is 5.96. The van der Waals surface area contributed by atoms with Gasteiger partial charge in [-0.05, 0) is 24.6 Å². The first-order valence-electron chi connectivity index (χ1n) is 6.30. The summed E-state index contributed by atoms with van der Waals surface area (Å²) in [5.74, 6) is 2.36. The highest BCUT2D eigenvalue weighted by Crippen LogP contribution is 2.30. The van der Waals surface area contributed by atoms with Crippen molar-refractivity contribution in [2.75, 3.05) is 5.73 Å². The van der Waals surface area contributed by atoms with Crippen LogP contribution in [-0.4, -0.2) is 4.98 Å². The second-order valence-electron chi connectivity index (χ2n) is 5.70. The Kier molecular flexibility index (Phi) is 3.90. The number of oxazole rings is 1. The van der Waals surface area contributed by atoms with Crippen LogP contribution in [0.25, 0.3) is 0 Å². The Hall–Kier alpha value is -1.42. The first kappa shape index (κ1) is 14.0. The average molecular weight is 276 g/mol. The van der Waals surface area contributed by atoms with Crippen molar-refractivity contribution in [1.29, 1.82) is 0 Å². The minimum Gasteiger partial charge on any atom is -0.444 e. The van der Waals surface area contributed by atoms with Crippen molar-refractivity contribution in [1.82, 2.24) is 4.98 Å². The van der Waals surface area contributed by atoms with Gasteiger partial charge in [0.15, 0.2) is 0 Å². The number of nitrogens with zero attached hydrogens (tertiary/aromatic N) is 1. The molecule has 2 aromatic rings. The van der Waals surface area contributed by atoms with Crippen LogP contribution in [0.3, 0.4) is 0 Å². The van der Waals surface area contributed by atoms with Gasteiger partial charge in [-0.25, -0.2) is 4.98 Å². The predicted molar refractivity (Wildman–Crippen MR) is 80.4 cm³/mol. The van der Waals surface area contributed by atoms with E-state index in [1.54, 1.807) is 11.8 Å². The second kappa shape index (κ2) is 5.29. The van der Waals surface area contributed by atoms with Crippen molar-refractivity contribution in [2.24, 2.45) is 0 Å². The van der Waals surface area contributed by atoms with Gasteiger partial charge in [0.1, 0.15) is 5.76 Å². The molecule has 0 saturated heterocycles. The molecule has 0 spiro atoms. The Morgan fingerprint density at radius 1 is 1.32 bits per heavy atom. The Balaban J connectivity index is 2.06. The van der Waals surface area contributed by atoms with Crippen LogP contribution < -0.4 is 5.73 Å². The maximum Gasteiger partial charge on any atom is 0.204 e. The van der Waals surface area contributed by atoms with Crippen LogP contribution in [0.5, 0.6) is 0 Å². The molecule has 0 bridgehead atoms. The van der Waals surface area contributed by atoms with Crippen molar-refractivity contribution < 1.29 is 4.42 Å². The van der Waals surface area contributed by atoms with E-state index in [0.717, 1.165) is 22.2 Å². The summed E-state index contributed by atoms with van der Waals surface area (Å²) < 4.78 is 5.77. The smallest absolute Gasteiger partial charge is 0.204 e. The number of hydrogen-bond donors (Lipinski definition) is 1. The molecule has 2 rings (SSSR count). The number of anilines is 1. The summed E-state index contributed by atoms with van der Waals surface area (Å²) in [6, 6.07) is 6.05. The number of hydrogen-bond acceptors (Lipinski definition) is 4. The van der Waals surface area contributed by atoms with E-state index in [2.05, 4.69) is 38.7 Å². The van der Waals surface area contributed by atoms with E-state index in [9.17, 15) is 0 Å². The van der Waals surface area contributed by atoms with Crippen LogP contribution >= 0.6 is 11.8 Å². The van der Waals surface area contributed by atoms with Crippen molar-refractivity contribution in [2.45, 2.75) is 43.8 Å². The van der Waals surface area contributed by atoms with Gasteiger partial charge in [-0.3, -0.25) is 0 Å². The molecule has 2 N–H and O–H groups in total. The molecule has 0 fully saturated rings. The summed E-state index contributed by atoms with van der Waals surface area (Å²) in [6.07, 6.45) is 1.81. The number of rotatable bonds is 3. The Morgan fingerprint density at radius 3 is 2.68 bits per heavy atom. The fourth-order valence-corrected chi connectivity index (χ4v) is 2.55. The van der Waals surface area contributed by atoms with E-state index < -0.39 is 0 Å². The molecule has 0 saturated carbocycles. The van der Waals surface area contributed by atoms with Crippen LogP contribution in [0.2, 0.25) is 0 Å². The Labute approximate surface area is 118 Å². The summed E-state index contributed by atoms with van der Waals surface area (Å²) in [6.45, 7) is 8.40. The SMILES string of the molecule is Cc1ccc(N)c(SCc2ncc(C(C)(C)C)o2)c1. The van der Waals surface area contributed by atoms with Gasteiger partial charge < -0.3 is 10.2 Å². The highest BCUT2D eigenvalue weighted by Gasteiger charge is 2.19. The van der Waals surface area contributed by atoms with Gasteiger partial charge >= 0.3 is 0 Å². The number of aromatic nitrogens is 1. The zero-order valence-electron chi connectivity index (χ0n) is 11.9. The van der Waals surface area contributed by atoms with E-state index in [1.165, 1.54) is 5.56 Å². The van der Waals surface area contributed by atoms with Gasteiger partial charge in [-0.1, -0.05) is 26.8 Å². The highest BCUT2D eigenvalue weighted by atomic mass is 32.2. The number of nitrogens with two attached hydrogens (primary N) is 1. The van der Waals surface area contributed by atoms with Gasteiger partial charge in [0.05, 0.1) is 11.9 Å². The summed E-state index contributed by atoms with van der Waals surface area (Å²) in [5.41, 5.74) is 7.97. The molecule has 1 aromatic carbocycles.